The molecule has 0 radical (unpaired) electrons. The largest absolute Gasteiger partial charge is 0.383 e. The van der Waals surface area contributed by atoms with E-state index in [0.717, 1.165) is 0 Å². The summed E-state index contributed by atoms with van der Waals surface area (Å²) in [7, 11) is 4.63. The van der Waals surface area contributed by atoms with E-state index in [2.05, 4.69) is 5.32 Å². The molecule has 1 unspecified atom stereocenters. The van der Waals surface area contributed by atoms with E-state index in [4.69, 9.17) is 19.6 Å². The van der Waals surface area contributed by atoms with Crippen LogP contribution in [0.25, 0.3) is 0 Å². The van der Waals surface area contributed by atoms with Crippen molar-refractivity contribution >= 4 is 11.9 Å². The number of nitrogens with zero attached hydrogens (tertiary/aromatic N) is 1. The summed E-state index contributed by atoms with van der Waals surface area (Å²) in [6, 6.07) is -0.620. The molecular weight excluding hydrogens is 226 g/mol. The van der Waals surface area contributed by atoms with Crippen LogP contribution in [0.2, 0.25) is 0 Å². The Labute approximate surface area is 101 Å². The first kappa shape index (κ1) is 13.9. The fourth-order valence-corrected chi connectivity index (χ4v) is 1.73. The molecule has 7 nitrogen and oxygen atoms in total. The van der Waals surface area contributed by atoms with Crippen LogP contribution >= 0.6 is 0 Å². The third-order valence-electron chi connectivity index (χ3n) is 2.69. The molecule has 7 heteroatoms. The highest BCUT2D eigenvalue weighted by atomic mass is 16.7. The summed E-state index contributed by atoms with van der Waals surface area (Å²) in [5.41, 5.74) is 0. The zero-order valence-electron chi connectivity index (χ0n) is 10.4. The summed E-state index contributed by atoms with van der Waals surface area (Å²) in [5, 5.41) is 10.2. The van der Waals surface area contributed by atoms with Gasteiger partial charge in [0.05, 0.1) is 12.6 Å². The summed E-state index contributed by atoms with van der Waals surface area (Å²) >= 11 is 0. The molecule has 1 rings (SSSR count). The van der Waals surface area contributed by atoms with Gasteiger partial charge in [-0.3, -0.25) is 10.7 Å². The SMILES string of the molecule is COCCN1C(=O)NC(=N)C1CC(OC)OC. The number of ether oxygens (including phenoxy) is 3. The average Bonchev–Trinajstić information content (AvgIpc) is 2.58. The third kappa shape index (κ3) is 3.39. The van der Waals surface area contributed by atoms with E-state index in [1.165, 1.54) is 14.2 Å². The lowest BCUT2D eigenvalue weighted by atomic mass is 10.1. The number of hydrogen-bond donors (Lipinski definition) is 2. The van der Waals surface area contributed by atoms with Crippen molar-refractivity contribution in [2.45, 2.75) is 18.8 Å². The van der Waals surface area contributed by atoms with Gasteiger partial charge in [-0.15, -0.1) is 0 Å². The highest BCUT2D eigenvalue weighted by molar-refractivity contribution is 6.05. The van der Waals surface area contributed by atoms with Gasteiger partial charge >= 0.3 is 6.03 Å². The quantitative estimate of drug-likeness (QED) is 0.619. The molecule has 1 heterocycles. The number of amides is 2. The van der Waals surface area contributed by atoms with E-state index < -0.39 is 6.29 Å². The van der Waals surface area contributed by atoms with Crippen molar-refractivity contribution in [2.75, 3.05) is 34.5 Å². The van der Waals surface area contributed by atoms with Gasteiger partial charge in [-0.1, -0.05) is 0 Å². The van der Waals surface area contributed by atoms with Gasteiger partial charge < -0.3 is 19.1 Å². The van der Waals surface area contributed by atoms with Gasteiger partial charge in [-0.2, -0.15) is 0 Å². The number of carbonyl (C=O) groups excluding carboxylic acids is 1. The summed E-state index contributed by atoms with van der Waals surface area (Å²) in [4.78, 5) is 13.1. The number of urea groups is 1. The highest BCUT2D eigenvalue weighted by Gasteiger charge is 2.36. The highest BCUT2D eigenvalue weighted by Crippen LogP contribution is 2.15. The van der Waals surface area contributed by atoms with E-state index >= 15 is 0 Å². The predicted octanol–water partition coefficient (Wildman–Crippen LogP) is 0.0129. The molecule has 0 saturated carbocycles. The molecule has 0 spiro atoms. The fourth-order valence-electron chi connectivity index (χ4n) is 1.73. The van der Waals surface area contributed by atoms with Crippen molar-refractivity contribution in [3.63, 3.8) is 0 Å². The molecule has 2 amide bonds. The second-order valence-electron chi connectivity index (χ2n) is 3.68. The van der Waals surface area contributed by atoms with Crippen LogP contribution in [0, 0.1) is 5.41 Å². The predicted molar refractivity (Wildman–Crippen MR) is 61.1 cm³/mol. The van der Waals surface area contributed by atoms with Crippen molar-refractivity contribution in [3.8, 4) is 0 Å². The fraction of sp³-hybridized carbons (Fsp3) is 0.800. The molecule has 0 aliphatic carbocycles. The summed E-state index contributed by atoms with van der Waals surface area (Å²) in [5.74, 6) is 0.171. The standard InChI is InChI=1S/C10H19N3O4/c1-15-5-4-13-7(6-8(16-2)17-3)9(11)12-10(13)14/h7-8H,4-6H2,1-3H3,(H2,11,12,14). The Kier molecular flexibility index (Phi) is 5.33. The van der Waals surface area contributed by atoms with E-state index in [-0.39, 0.29) is 17.9 Å². The molecule has 17 heavy (non-hydrogen) atoms. The minimum atomic E-state index is -0.432. The van der Waals surface area contributed by atoms with Crippen LogP contribution in [-0.2, 0) is 14.2 Å². The van der Waals surface area contributed by atoms with Gasteiger partial charge in [-0.25, -0.2) is 4.79 Å². The summed E-state index contributed by atoms with van der Waals surface area (Å²) < 4.78 is 15.1. The van der Waals surface area contributed by atoms with Gasteiger partial charge in [0, 0.05) is 34.3 Å². The van der Waals surface area contributed by atoms with Crippen molar-refractivity contribution in [2.24, 2.45) is 0 Å². The maximum Gasteiger partial charge on any atom is 0.323 e. The monoisotopic (exact) mass is 245 g/mol. The molecule has 1 saturated heterocycles. The maximum absolute atomic E-state index is 11.6. The van der Waals surface area contributed by atoms with Gasteiger partial charge in [0.25, 0.3) is 0 Å². The Bertz CT molecular complexity index is 281. The maximum atomic E-state index is 11.6. The lowest BCUT2D eigenvalue weighted by molar-refractivity contribution is -0.111. The van der Waals surface area contributed by atoms with Gasteiger partial charge in [0.1, 0.15) is 5.84 Å². The lowest BCUT2D eigenvalue weighted by Gasteiger charge is -2.25. The number of rotatable bonds is 7. The summed E-state index contributed by atoms with van der Waals surface area (Å²) in [6.45, 7) is 0.872. The van der Waals surface area contributed by atoms with Crippen molar-refractivity contribution in [1.82, 2.24) is 10.2 Å². The molecule has 2 N–H and O–H groups in total. The van der Waals surface area contributed by atoms with Crippen LogP contribution in [0.5, 0.6) is 0 Å². The number of hydrogen-bond acceptors (Lipinski definition) is 5. The van der Waals surface area contributed by atoms with Crippen LogP contribution in [-0.4, -0.2) is 63.6 Å². The second-order valence-corrected chi connectivity index (χ2v) is 3.68. The van der Waals surface area contributed by atoms with E-state index in [9.17, 15) is 4.79 Å². The second kappa shape index (κ2) is 6.53. The lowest BCUT2D eigenvalue weighted by Crippen LogP contribution is -2.40. The zero-order chi connectivity index (χ0) is 12.8. The molecule has 1 fully saturated rings. The average molecular weight is 245 g/mol. The molecule has 0 bridgehead atoms. The zero-order valence-corrected chi connectivity index (χ0v) is 10.4. The Balaban J connectivity index is 2.64. The van der Waals surface area contributed by atoms with E-state index in [1.807, 2.05) is 0 Å². The van der Waals surface area contributed by atoms with Crippen LogP contribution < -0.4 is 5.32 Å². The minimum Gasteiger partial charge on any atom is -0.383 e. The van der Waals surface area contributed by atoms with Crippen LogP contribution in [0.1, 0.15) is 6.42 Å². The Morgan fingerprint density at radius 3 is 2.59 bits per heavy atom. The molecular formula is C10H19N3O4. The van der Waals surface area contributed by atoms with Crippen molar-refractivity contribution in [1.29, 1.82) is 5.41 Å². The minimum absolute atomic E-state index is 0.171. The third-order valence-corrected chi connectivity index (χ3v) is 2.69. The van der Waals surface area contributed by atoms with Crippen molar-refractivity contribution < 1.29 is 19.0 Å². The molecule has 1 aliphatic heterocycles. The number of carbonyl (C=O) groups is 1. The van der Waals surface area contributed by atoms with E-state index in [1.54, 1.807) is 12.0 Å². The van der Waals surface area contributed by atoms with Crippen LogP contribution in [0.4, 0.5) is 4.79 Å². The Hall–Kier alpha value is -1.18. The molecule has 1 aliphatic rings. The van der Waals surface area contributed by atoms with Gasteiger partial charge in [-0.05, 0) is 0 Å². The Morgan fingerprint density at radius 2 is 2.06 bits per heavy atom. The molecule has 0 aromatic carbocycles. The number of nitrogens with one attached hydrogen (secondary N) is 2. The van der Waals surface area contributed by atoms with Crippen molar-refractivity contribution in [3.05, 3.63) is 0 Å². The first-order valence-corrected chi connectivity index (χ1v) is 5.34. The normalized spacial score (nSPS) is 20.2. The molecule has 1 atom stereocenters. The first-order chi connectivity index (χ1) is 8.13. The van der Waals surface area contributed by atoms with Gasteiger partial charge in [0.15, 0.2) is 6.29 Å². The van der Waals surface area contributed by atoms with Crippen LogP contribution in [0.3, 0.4) is 0 Å². The first-order valence-electron chi connectivity index (χ1n) is 5.34. The van der Waals surface area contributed by atoms with E-state index in [0.29, 0.717) is 19.6 Å². The van der Waals surface area contributed by atoms with Gasteiger partial charge in [0.2, 0.25) is 0 Å². The Morgan fingerprint density at radius 1 is 1.41 bits per heavy atom. The molecule has 0 aromatic rings. The van der Waals surface area contributed by atoms with Crippen LogP contribution in [0.15, 0.2) is 0 Å². The molecule has 0 aromatic heterocycles. The summed E-state index contributed by atoms with van der Waals surface area (Å²) in [6.07, 6.45) is -0.00743. The number of amidine groups is 1. The smallest absolute Gasteiger partial charge is 0.323 e. The number of methoxy groups -OCH3 is 3. The molecule has 98 valence electrons. The topological polar surface area (TPSA) is 83.9 Å².